The number of nitrogens with one attached hydrogen (secondary N) is 1. The fraction of sp³-hybridized carbons (Fsp3) is 0. The van der Waals surface area contributed by atoms with Crippen LogP contribution < -0.4 is 11.1 Å². The molecule has 0 atom stereocenters. The molecule has 4 N–H and O–H groups in total. The van der Waals surface area contributed by atoms with Gasteiger partial charge in [0.05, 0.1) is 16.8 Å². The molecule has 0 unspecified atom stereocenters. The second kappa shape index (κ2) is 5.71. The Hall–Kier alpha value is -3.40. The van der Waals surface area contributed by atoms with E-state index in [1.807, 2.05) is 0 Å². The van der Waals surface area contributed by atoms with Crippen molar-refractivity contribution in [2.75, 3.05) is 5.32 Å². The third kappa shape index (κ3) is 2.96. The van der Waals surface area contributed by atoms with Gasteiger partial charge in [0, 0.05) is 6.20 Å². The van der Waals surface area contributed by atoms with Crippen molar-refractivity contribution in [3.05, 3.63) is 53.3 Å². The highest BCUT2D eigenvalue weighted by Gasteiger charge is 2.12. The molecule has 0 saturated carbocycles. The fourth-order valence-electron chi connectivity index (χ4n) is 1.60. The number of amides is 2. The van der Waals surface area contributed by atoms with Crippen molar-refractivity contribution in [2.24, 2.45) is 5.73 Å². The maximum Gasteiger partial charge on any atom is 0.267 e. The second-order valence-electron chi connectivity index (χ2n) is 4.06. The highest BCUT2D eigenvalue weighted by Crippen LogP contribution is 2.27. The minimum atomic E-state index is -0.693. The second-order valence-corrected chi connectivity index (χ2v) is 4.06. The Morgan fingerprint density at radius 2 is 2.05 bits per heavy atom. The number of hydrogen-bond donors (Lipinski definition) is 3. The molecule has 0 saturated heterocycles. The van der Waals surface area contributed by atoms with Crippen LogP contribution in [0.3, 0.4) is 0 Å². The molecule has 0 fully saturated rings. The van der Waals surface area contributed by atoms with Gasteiger partial charge in [-0.25, -0.2) is 0 Å². The monoisotopic (exact) mass is 282 g/mol. The molecular weight excluding hydrogens is 272 g/mol. The van der Waals surface area contributed by atoms with Crippen LogP contribution >= 0.6 is 0 Å². The number of phenolic OH excluding ortho intramolecular Hbond substituents is 1. The van der Waals surface area contributed by atoms with Crippen LogP contribution in [-0.4, -0.2) is 21.9 Å². The lowest BCUT2D eigenvalue weighted by Crippen LogP contribution is -2.16. The maximum atomic E-state index is 12.0. The van der Waals surface area contributed by atoms with Crippen LogP contribution in [0, 0.1) is 11.3 Å². The smallest absolute Gasteiger partial charge is 0.267 e. The molecule has 7 heteroatoms. The van der Waals surface area contributed by atoms with E-state index in [2.05, 4.69) is 10.3 Å². The van der Waals surface area contributed by atoms with Gasteiger partial charge in [0.1, 0.15) is 11.8 Å². The third-order valence-electron chi connectivity index (χ3n) is 2.68. The van der Waals surface area contributed by atoms with Gasteiger partial charge in [0.25, 0.3) is 11.8 Å². The quantitative estimate of drug-likeness (QED) is 0.723. The van der Waals surface area contributed by atoms with Gasteiger partial charge >= 0.3 is 0 Å². The van der Waals surface area contributed by atoms with E-state index >= 15 is 0 Å². The van der Waals surface area contributed by atoms with Gasteiger partial charge < -0.3 is 16.2 Å². The number of anilines is 1. The van der Waals surface area contributed by atoms with Crippen LogP contribution in [0.25, 0.3) is 0 Å². The summed E-state index contributed by atoms with van der Waals surface area (Å²) in [5.41, 5.74) is 5.43. The SMILES string of the molecule is N#Cc1cccc(NC(=O)c2ccc(C(N)=O)nc2)c1O. The number of phenols is 1. The third-order valence-corrected chi connectivity index (χ3v) is 2.68. The van der Waals surface area contributed by atoms with E-state index in [1.165, 1.54) is 36.5 Å². The number of aromatic hydroxyl groups is 1. The molecule has 2 amide bonds. The van der Waals surface area contributed by atoms with Crippen molar-refractivity contribution in [1.82, 2.24) is 4.98 Å². The van der Waals surface area contributed by atoms with E-state index in [-0.39, 0.29) is 28.3 Å². The molecule has 21 heavy (non-hydrogen) atoms. The standard InChI is InChI=1S/C14H10N4O3/c15-6-8-2-1-3-10(12(8)19)18-14(21)9-4-5-11(13(16)20)17-7-9/h1-5,7,19H,(H2,16,20)(H,18,21). The van der Waals surface area contributed by atoms with Crippen LogP contribution in [0.5, 0.6) is 5.75 Å². The van der Waals surface area contributed by atoms with Crippen LogP contribution in [0.1, 0.15) is 26.4 Å². The van der Waals surface area contributed by atoms with Gasteiger partial charge in [-0.15, -0.1) is 0 Å². The van der Waals surface area contributed by atoms with Crippen LogP contribution in [0.15, 0.2) is 36.5 Å². The molecular formula is C14H10N4O3. The average molecular weight is 282 g/mol. The van der Waals surface area contributed by atoms with Gasteiger partial charge in [-0.1, -0.05) is 6.07 Å². The Balaban J connectivity index is 2.22. The average Bonchev–Trinajstić information content (AvgIpc) is 2.49. The predicted octanol–water partition coefficient (Wildman–Crippen LogP) is 1.01. The van der Waals surface area contributed by atoms with E-state index in [4.69, 9.17) is 11.0 Å². The lowest BCUT2D eigenvalue weighted by Gasteiger charge is -2.08. The highest BCUT2D eigenvalue weighted by molar-refractivity contribution is 6.05. The molecule has 0 bridgehead atoms. The summed E-state index contributed by atoms with van der Waals surface area (Å²) < 4.78 is 0. The van der Waals surface area contributed by atoms with E-state index < -0.39 is 11.8 Å². The number of rotatable bonds is 3. The van der Waals surface area contributed by atoms with Crippen molar-refractivity contribution in [2.45, 2.75) is 0 Å². The number of nitrogens with zero attached hydrogens (tertiary/aromatic N) is 2. The summed E-state index contributed by atoms with van der Waals surface area (Å²) in [6.07, 6.45) is 1.20. The number of nitriles is 1. The van der Waals surface area contributed by atoms with Gasteiger partial charge in [0.2, 0.25) is 0 Å². The molecule has 1 aromatic heterocycles. The molecule has 0 spiro atoms. The summed E-state index contributed by atoms with van der Waals surface area (Å²) in [5.74, 6) is -1.54. The zero-order valence-corrected chi connectivity index (χ0v) is 10.7. The summed E-state index contributed by atoms with van der Waals surface area (Å²) in [6, 6.07) is 8.92. The lowest BCUT2D eigenvalue weighted by molar-refractivity contribution is 0.0990. The predicted molar refractivity (Wildman–Crippen MR) is 73.5 cm³/mol. The van der Waals surface area contributed by atoms with Crippen molar-refractivity contribution in [1.29, 1.82) is 5.26 Å². The van der Waals surface area contributed by atoms with Gasteiger partial charge in [0.15, 0.2) is 5.75 Å². The van der Waals surface area contributed by atoms with Crippen molar-refractivity contribution >= 4 is 17.5 Å². The first-order chi connectivity index (χ1) is 10.0. The van der Waals surface area contributed by atoms with E-state index in [1.54, 1.807) is 6.07 Å². The number of para-hydroxylation sites is 1. The van der Waals surface area contributed by atoms with Gasteiger partial charge in [-0.2, -0.15) is 5.26 Å². The molecule has 1 aromatic carbocycles. The van der Waals surface area contributed by atoms with Crippen molar-refractivity contribution in [3.8, 4) is 11.8 Å². The number of carbonyl (C=O) groups excluding carboxylic acids is 2. The Kier molecular flexibility index (Phi) is 3.81. The number of primary amides is 1. The van der Waals surface area contributed by atoms with Gasteiger partial charge in [-0.05, 0) is 24.3 Å². The minimum Gasteiger partial charge on any atom is -0.504 e. The Labute approximate surface area is 119 Å². The minimum absolute atomic E-state index is 0.0425. The summed E-state index contributed by atoms with van der Waals surface area (Å²) in [5, 5.41) is 21.0. The summed E-state index contributed by atoms with van der Waals surface area (Å²) in [6.45, 7) is 0. The Morgan fingerprint density at radius 1 is 1.29 bits per heavy atom. The molecule has 0 aliphatic rings. The fourth-order valence-corrected chi connectivity index (χ4v) is 1.60. The van der Waals surface area contributed by atoms with Crippen LogP contribution in [0.4, 0.5) is 5.69 Å². The number of aromatic nitrogens is 1. The lowest BCUT2D eigenvalue weighted by atomic mass is 10.1. The van der Waals surface area contributed by atoms with E-state index in [0.717, 1.165) is 0 Å². The van der Waals surface area contributed by atoms with Crippen molar-refractivity contribution in [3.63, 3.8) is 0 Å². The summed E-state index contributed by atoms with van der Waals surface area (Å²) in [4.78, 5) is 26.6. The van der Waals surface area contributed by atoms with Crippen LogP contribution in [0.2, 0.25) is 0 Å². The number of pyridine rings is 1. The zero-order chi connectivity index (χ0) is 15.4. The first-order valence-corrected chi connectivity index (χ1v) is 5.82. The number of benzene rings is 1. The molecule has 0 radical (unpaired) electrons. The zero-order valence-electron chi connectivity index (χ0n) is 10.7. The molecule has 1 heterocycles. The first kappa shape index (κ1) is 14.0. The number of carbonyl (C=O) groups is 2. The van der Waals surface area contributed by atoms with Gasteiger partial charge in [-0.3, -0.25) is 14.6 Å². The Bertz CT molecular complexity index is 748. The first-order valence-electron chi connectivity index (χ1n) is 5.82. The summed E-state index contributed by atoms with van der Waals surface area (Å²) >= 11 is 0. The van der Waals surface area contributed by atoms with E-state index in [9.17, 15) is 14.7 Å². The summed E-state index contributed by atoms with van der Waals surface area (Å²) in [7, 11) is 0. The van der Waals surface area contributed by atoms with Crippen molar-refractivity contribution < 1.29 is 14.7 Å². The normalized spacial score (nSPS) is 9.67. The van der Waals surface area contributed by atoms with Crippen LogP contribution in [-0.2, 0) is 0 Å². The maximum absolute atomic E-state index is 12.0. The molecule has 0 aliphatic carbocycles. The largest absolute Gasteiger partial charge is 0.504 e. The topological polar surface area (TPSA) is 129 Å². The Morgan fingerprint density at radius 3 is 2.62 bits per heavy atom. The molecule has 2 rings (SSSR count). The number of hydrogen-bond acceptors (Lipinski definition) is 5. The molecule has 2 aromatic rings. The van der Waals surface area contributed by atoms with E-state index in [0.29, 0.717) is 0 Å². The molecule has 7 nitrogen and oxygen atoms in total. The molecule has 104 valence electrons. The number of nitrogens with two attached hydrogens (primary N) is 1. The highest BCUT2D eigenvalue weighted by atomic mass is 16.3. The molecule has 0 aliphatic heterocycles.